The van der Waals surface area contributed by atoms with E-state index >= 15 is 0 Å². The topological polar surface area (TPSA) is 64.3 Å². The number of benzene rings is 1. The minimum atomic E-state index is -4.75. The SMILES string of the molecule is FC(F)(F)Oc1cccc(-c2cn3ccnc3c(NCCc3ccccn3)n2)c1. The molecule has 0 amide bonds. The molecule has 9 heteroatoms. The van der Waals surface area contributed by atoms with Crippen LogP contribution in [0.2, 0.25) is 0 Å². The maximum absolute atomic E-state index is 12.5. The van der Waals surface area contributed by atoms with Crippen LogP contribution in [0.4, 0.5) is 19.0 Å². The minimum absolute atomic E-state index is 0.299. The molecule has 1 aromatic carbocycles. The van der Waals surface area contributed by atoms with Gasteiger partial charge < -0.3 is 14.5 Å². The zero-order chi connectivity index (χ0) is 20.3. The van der Waals surface area contributed by atoms with E-state index in [1.807, 2.05) is 18.2 Å². The highest BCUT2D eigenvalue weighted by molar-refractivity contribution is 5.69. The predicted octanol–water partition coefficient (Wildman–Crippen LogP) is 4.34. The zero-order valence-electron chi connectivity index (χ0n) is 15.1. The van der Waals surface area contributed by atoms with Crippen molar-refractivity contribution in [3.63, 3.8) is 0 Å². The first-order valence-corrected chi connectivity index (χ1v) is 8.82. The second-order valence-electron chi connectivity index (χ2n) is 6.21. The molecular weight excluding hydrogens is 383 g/mol. The lowest BCUT2D eigenvalue weighted by molar-refractivity contribution is -0.274. The summed E-state index contributed by atoms with van der Waals surface area (Å²) in [6, 6.07) is 11.4. The highest BCUT2D eigenvalue weighted by atomic mass is 19.4. The largest absolute Gasteiger partial charge is 0.573 e. The normalized spacial score (nSPS) is 11.6. The molecule has 0 atom stereocenters. The highest BCUT2D eigenvalue weighted by Gasteiger charge is 2.31. The standard InChI is InChI=1S/C20H16F3N5O/c21-20(22,23)29-16-6-3-4-14(12-16)17-13-28-11-10-26-19(28)18(27-17)25-9-7-15-5-1-2-8-24-15/h1-6,8,10-13H,7,9H2,(H,25,27). The number of anilines is 1. The van der Waals surface area contributed by atoms with Crippen molar-refractivity contribution < 1.29 is 17.9 Å². The number of imidazole rings is 1. The van der Waals surface area contributed by atoms with Gasteiger partial charge in [0, 0.05) is 49.0 Å². The third kappa shape index (κ3) is 4.63. The van der Waals surface area contributed by atoms with Gasteiger partial charge in [0.15, 0.2) is 11.5 Å². The maximum Gasteiger partial charge on any atom is 0.573 e. The Morgan fingerprint density at radius 1 is 1.03 bits per heavy atom. The fourth-order valence-electron chi connectivity index (χ4n) is 2.90. The summed E-state index contributed by atoms with van der Waals surface area (Å²) in [7, 11) is 0. The quantitative estimate of drug-likeness (QED) is 0.522. The average molecular weight is 399 g/mol. The van der Waals surface area contributed by atoms with Crippen molar-refractivity contribution in [3.05, 3.63) is 72.9 Å². The molecule has 148 valence electrons. The summed E-state index contributed by atoms with van der Waals surface area (Å²) < 4.78 is 43.3. The van der Waals surface area contributed by atoms with Gasteiger partial charge in [-0.2, -0.15) is 0 Å². The van der Waals surface area contributed by atoms with Gasteiger partial charge in [0.05, 0.1) is 5.69 Å². The summed E-state index contributed by atoms with van der Waals surface area (Å²) in [4.78, 5) is 13.1. The van der Waals surface area contributed by atoms with E-state index in [2.05, 4.69) is 25.0 Å². The minimum Gasteiger partial charge on any atom is -0.406 e. The molecule has 0 unspecified atom stereocenters. The Bertz CT molecular complexity index is 1110. The lowest BCUT2D eigenvalue weighted by Gasteiger charge is -2.12. The molecular formula is C20H16F3N5O. The molecule has 3 aromatic heterocycles. The predicted molar refractivity (Wildman–Crippen MR) is 102 cm³/mol. The number of nitrogens with zero attached hydrogens (tertiary/aromatic N) is 4. The van der Waals surface area contributed by atoms with Crippen molar-refractivity contribution in [2.24, 2.45) is 0 Å². The Labute approximate surface area is 164 Å². The monoisotopic (exact) mass is 399 g/mol. The number of rotatable bonds is 6. The third-order valence-electron chi connectivity index (χ3n) is 4.14. The van der Waals surface area contributed by atoms with E-state index in [9.17, 15) is 13.2 Å². The number of halogens is 3. The Kier molecular flexibility index (Phi) is 5.03. The second kappa shape index (κ2) is 7.78. The summed E-state index contributed by atoms with van der Waals surface area (Å²) >= 11 is 0. The third-order valence-corrected chi connectivity index (χ3v) is 4.14. The van der Waals surface area contributed by atoms with Gasteiger partial charge in [-0.05, 0) is 24.3 Å². The first kappa shape index (κ1) is 18.7. The van der Waals surface area contributed by atoms with Gasteiger partial charge in [-0.25, -0.2) is 9.97 Å². The summed E-state index contributed by atoms with van der Waals surface area (Å²) in [5.74, 6) is 0.234. The second-order valence-corrected chi connectivity index (χ2v) is 6.21. The average Bonchev–Trinajstić information content (AvgIpc) is 3.16. The van der Waals surface area contributed by atoms with Gasteiger partial charge in [0.1, 0.15) is 5.75 Å². The van der Waals surface area contributed by atoms with Gasteiger partial charge in [0.25, 0.3) is 0 Å². The maximum atomic E-state index is 12.5. The molecule has 6 nitrogen and oxygen atoms in total. The molecule has 0 aliphatic heterocycles. The molecule has 0 fully saturated rings. The smallest absolute Gasteiger partial charge is 0.406 e. The Hall–Kier alpha value is -3.62. The number of fused-ring (bicyclic) bond motifs is 1. The number of hydrogen-bond acceptors (Lipinski definition) is 5. The fraction of sp³-hybridized carbons (Fsp3) is 0.150. The molecule has 3 heterocycles. The number of pyridine rings is 1. The van der Waals surface area contributed by atoms with Gasteiger partial charge in [-0.1, -0.05) is 18.2 Å². The summed E-state index contributed by atoms with van der Waals surface area (Å²) in [6.07, 6.45) is 2.76. The molecule has 29 heavy (non-hydrogen) atoms. The molecule has 4 aromatic rings. The molecule has 0 aliphatic carbocycles. The number of nitrogens with one attached hydrogen (secondary N) is 1. The van der Waals surface area contributed by atoms with Gasteiger partial charge >= 0.3 is 6.36 Å². The van der Waals surface area contributed by atoms with Crippen LogP contribution in [0.25, 0.3) is 16.9 Å². The van der Waals surface area contributed by atoms with Crippen molar-refractivity contribution in [1.82, 2.24) is 19.4 Å². The van der Waals surface area contributed by atoms with E-state index in [1.54, 1.807) is 35.3 Å². The van der Waals surface area contributed by atoms with Crippen LogP contribution < -0.4 is 10.1 Å². The molecule has 0 radical (unpaired) electrons. The Morgan fingerprint density at radius 2 is 1.93 bits per heavy atom. The van der Waals surface area contributed by atoms with Crippen LogP contribution in [0.15, 0.2) is 67.3 Å². The first-order chi connectivity index (χ1) is 14.0. The zero-order valence-corrected chi connectivity index (χ0v) is 15.1. The van der Waals surface area contributed by atoms with E-state index in [-0.39, 0.29) is 5.75 Å². The van der Waals surface area contributed by atoms with Crippen molar-refractivity contribution in [1.29, 1.82) is 0 Å². The first-order valence-electron chi connectivity index (χ1n) is 8.82. The molecule has 0 spiro atoms. The molecule has 4 rings (SSSR count). The van der Waals surface area contributed by atoms with Crippen molar-refractivity contribution in [3.8, 4) is 17.0 Å². The summed E-state index contributed by atoms with van der Waals surface area (Å²) in [6.45, 7) is 0.577. The van der Waals surface area contributed by atoms with Gasteiger partial charge in [-0.15, -0.1) is 13.2 Å². The van der Waals surface area contributed by atoms with Crippen molar-refractivity contribution in [2.75, 3.05) is 11.9 Å². The molecule has 0 saturated carbocycles. The van der Waals surface area contributed by atoms with Crippen LogP contribution in [0.5, 0.6) is 5.75 Å². The van der Waals surface area contributed by atoms with Crippen LogP contribution in [0, 0.1) is 0 Å². The lowest BCUT2D eigenvalue weighted by atomic mass is 10.1. The molecule has 1 N–H and O–H groups in total. The van der Waals surface area contributed by atoms with E-state index in [0.29, 0.717) is 35.7 Å². The number of hydrogen-bond donors (Lipinski definition) is 1. The molecule has 0 aliphatic rings. The van der Waals surface area contributed by atoms with Gasteiger partial charge in [-0.3, -0.25) is 4.98 Å². The lowest BCUT2D eigenvalue weighted by Crippen LogP contribution is -2.17. The van der Waals surface area contributed by atoms with E-state index in [4.69, 9.17) is 0 Å². The highest BCUT2D eigenvalue weighted by Crippen LogP contribution is 2.28. The van der Waals surface area contributed by atoms with E-state index < -0.39 is 6.36 Å². The van der Waals surface area contributed by atoms with Crippen LogP contribution in [0.3, 0.4) is 0 Å². The Morgan fingerprint density at radius 3 is 2.72 bits per heavy atom. The van der Waals surface area contributed by atoms with Crippen LogP contribution >= 0.6 is 0 Å². The van der Waals surface area contributed by atoms with Gasteiger partial charge in [0.2, 0.25) is 0 Å². The van der Waals surface area contributed by atoms with Crippen LogP contribution in [-0.4, -0.2) is 32.3 Å². The van der Waals surface area contributed by atoms with Crippen LogP contribution in [0.1, 0.15) is 5.69 Å². The van der Waals surface area contributed by atoms with E-state index in [0.717, 1.165) is 5.69 Å². The summed E-state index contributed by atoms with van der Waals surface area (Å²) in [5.41, 5.74) is 2.54. The van der Waals surface area contributed by atoms with Crippen LogP contribution in [-0.2, 0) is 6.42 Å². The molecule has 0 saturated heterocycles. The van der Waals surface area contributed by atoms with E-state index in [1.165, 1.54) is 18.2 Å². The number of ether oxygens (including phenoxy) is 1. The van der Waals surface area contributed by atoms with Crippen molar-refractivity contribution in [2.45, 2.75) is 12.8 Å². The number of aromatic nitrogens is 4. The Balaban J connectivity index is 1.60. The molecule has 0 bridgehead atoms. The summed E-state index contributed by atoms with van der Waals surface area (Å²) in [5, 5.41) is 3.24. The number of alkyl halides is 3. The van der Waals surface area contributed by atoms with Crippen molar-refractivity contribution >= 4 is 11.5 Å². The fourth-order valence-corrected chi connectivity index (χ4v) is 2.90.